The zero-order valence-electron chi connectivity index (χ0n) is 18.2. The number of alkyl halides is 1. The van der Waals surface area contributed by atoms with Gasteiger partial charge in [-0.25, -0.2) is 0 Å². The maximum Gasteiger partial charge on any atom is 0.119 e. The molecule has 0 heterocycles. The van der Waals surface area contributed by atoms with E-state index in [1.54, 1.807) is 0 Å². The first kappa shape index (κ1) is 22.8. The molecule has 1 nitrogen and oxygen atoms in total. The minimum absolute atomic E-state index is 0.764. The van der Waals surface area contributed by atoms with Gasteiger partial charge in [0, 0.05) is 5.33 Å². The van der Waals surface area contributed by atoms with Crippen molar-refractivity contribution >= 4 is 39.1 Å². The molecule has 4 aromatic carbocycles. The minimum Gasteiger partial charge on any atom is -0.494 e. The summed E-state index contributed by atoms with van der Waals surface area (Å²) >= 11 is 3.48. The third kappa shape index (κ3) is 5.31. The minimum atomic E-state index is -1.87. The van der Waals surface area contributed by atoms with Gasteiger partial charge in [0.05, 0.1) is 12.8 Å². The number of benzene rings is 4. The van der Waals surface area contributed by atoms with Crippen LogP contribution in [0.15, 0.2) is 115 Å². The van der Waals surface area contributed by atoms with Gasteiger partial charge in [0.15, 0.2) is 0 Å². The number of hydrogen-bond donors (Lipinski definition) is 0. The maximum atomic E-state index is 5.94. The molecule has 0 aromatic heterocycles. The Morgan fingerprint density at radius 1 is 0.562 bits per heavy atom. The van der Waals surface area contributed by atoms with E-state index in [1.807, 2.05) is 0 Å². The molecule has 0 aliphatic carbocycles. The highest BCUT2D eigenvalue weighted by Crippen LogP contribution is 2.58. The third-order valence-electron chi connectivity index (χ3n) is 5.73. The van der Waals surface area contributed by atoms with Crippen molar-refractivity contribution in [2.45, 2.75) is 19.0 Å². The molecular formula is C29H29BrOP+. The van der Waals surface area contributed by atoms with Crippen molar-refractivity contribution in [1.82, 2.24) is 0 Å². The fourth-order valence-electron chi connectivity index (χ4n) is 4.12. The SMILES string of the molecule is BrCCCCOc1ccc(C[P+](c2ccccc2)(c2ccccc2)c2ccccc2)cc1. The molecule has 0 amide bonds. The van der Waals surface area contributed by atoms with Gasteiger partial charge in [-0.05, 0) is 66.9 Å². The summed E-state index contributed by atoms with van der Waals surface area (Å²) in [6, 6.07) is 41.9. The van der Waals surface area contributed by atoms with Crippen molar-refractivity contribution in [2.24, 2.45) is 0 Å². The summed E-state index contributed by atoms with van der Waals surface area (Å²) in [5, 5.41) is 5.26. The van der Waals surface area contributed by atoms with Crippen LogP contribution in [-0.2, 0) is 6.16 Å². The Morgan fingerprint density at radius 3 is 1.47 bits per heavy atom. The number of rotatable bonds is 10. The Hall–Kier alpha value is -2.41. The van der Waals surface area contributed by atoms with Gasteiger partial charge in [-0.15, -0.1) is 0 Å². The van der Waals surface area contributed by atoms with Crippen molar-refractivity contribution < 1.29 is 4.74 Å². The Labute approximate surface area is 200 Å². The van der Waals surface area contributed by atoms with Crippen LogP contribution < -0.4 is 20.7 Å². The highest BCUT2D eigenvalue weighted by molar-refractivity contribution is 9.09. The zero-order valence-corrected chi connectivity index (χ0v) is 20.7. The molecule has 4 rings (SSSR count). The molecule has 32 heavy (non-hydrogen) atoms. The lowest BCUT2D eigenvalue weighted by Gasteiger charge is -2.28. The Balaban J connectivity index is 1.73. The van der Waals surface area contributed by atoms with E-state index in [2.05, 4.69) is 131 Å². The second-order valence-electron chi connectivity index (χ2n) is 7.86. The topological polar surface area (TPSA) is 9.23 Å². The Morgan fingerprint density at radius 2 is 1.03 bits per heavy atom. The van der Waals surface area contributed by atoms with E-state index in [4.69, 9.17) is 4.74 Å². The summed E-state index contributed by atoms with van der Waals surface area (Å²) in [6.45, 7) is 0.764. The van der Waals surface area contributed by atoms with Gasteiger partial charge in [-0.2, -0.15) is 0 Å². The molecule has 0 bridgehead atoms. The van der Waals surface area contributed by atoms with Crippen LogP contribution >= 0.6 is 23.2 Å². The Kier molecular flexibility index (Phi) is 8.15. The van der Waals surface area contributed by atoms with E-state index in [1.165, 1.54) is 21.5 Å². The first-order chi connectivity index (χ1) is 15.8. The maximum absolute atomic E-state index is 5.94. The predicted octanol–water partition coefficient (Wildman–Crippen LogP) is 6.73. The van der Waals surface area contributed by atoms with E-state index in [-0.39, 0.29) is 0 Å². The first-order valence-corrected chi connectivity index (χ1v) is 14.2. The molecule has 0 spiro atoms. The molecule has 0 unspecified atom stereocenters. The number of halogens is 1. The van der Waals surface area contributed by atoms with Crippen molar-refractivity contribution in [2.75, 3.05) is 11.9 Å². The standard InChI is InChI=1S/C29H29BrOP/c30-22-10-11-23-31-26-20-18-25(19-21-26)24-32(27-12-4-1-5-13-27,28-14-6-2-7-15-28)29-16-8-3-9-17-29/h1-9,12-21H,10-11,22-24H2/q+1. The third-order valence-corrected chi connectivity index (χ3v) is 10.7. The number of ether oxygens (including phenoxy) is 1. The van der Waals surface area contributed by atoms with Gasteiger partial charge < -0.3 is 4.74 Å². The number of unbranched alkanes of at least 4 members (excludes halogenated alkanes) is 1. The monoisotopic (exact) mass is 503 g/mol. The van der Waals surface area contributed by atoms with Crippen LogP contribution in [0.2, 0.25) is 0 Å². The zero-order chi connectivity index (χ0) is 22.1. The highest BCUT2D eigenvalue weighted by atomic mass is 79.9. The average molecular weight is 504 g/mol. The van der Waals surface area contributed by atoms with Crippen LogP contribution in [0.1, 0.15) is 18.4 Å². The van der Waals surface area contributed by atoms with Crippen LogP contribution in [0.5, 0.6) is 5.75 Å². The lowest BCUT2D eigenvalue weighted by Crippen LogP contribution is -2.32. The fraction of sp³-hybridized carbons (Fsp3) is 0.172. The van der Waals surface area contributed by atoms with Gasteiger partial charge >= 0.3 is 0 Å². The second-order valence-corrected chi connectivity index (χ2v) is 12.1. The van der Waals surface area contributed by atoms with Crippen LogP contribution in [0.4, 0.5) is 0 Å². The summed E-state index contributed by atoms with van der Waals surface area (Å²) in [5.74, 6) is 0.950. The van der Waals surface area contributed by atoms with E-state index in [0.29, 0.717) is 0 Å². The molecule has 0 N–H and O–H groups in total. The number of hydrogen-bond acceptors (Lipinski definition) is 1. The van der Waals surface area contributed by atoms with Gasteiger partial charge in [0.25, 0.3) is 0 Å². The second kappa shape index (κ2) is 11.5. The molecular weight excluding hydrogens is 475 g/mol. The van der Waals surface area contributed by atoms with Gasteiger partial charge in [0.1, 0.15) is 28.9 Å². The van der Waals surface area contributed by atoms with E-state index in [9.17, 15) is 0 Å². The molecule has 162 valence electrons. The van der Waals surface area contributed by atoms with Gasteiger partial charge in [0.2, 0.25) is 0 Å². The van der Waals surface area contributed by atoms with Crippen molar-refractivity contribution in [3.8, 4) is 5.75 Å². The van der Waals surface area contributed by atoms with Crippen LogP contribution in [0.3, 0.4) is 0 Å². The molecule has 0 radical (unpaired) electrons. The van der Waals surface area contributed by atoms with Crippen molar-refractivity contribution in [3.05, 3.63) is 121 Å². The van der Waals surface area contributed by atoms with E-state index >= 15 is 0 Å². The first-order valence-electron chi connectivity index (χ1n) is 11.2. The Bertz CT molecular complexity index is 970. The average Bonchev–Trinajstić information content (AvgIpc) is 2.88. The lowest BCUT2D eigenvalue weighted by molar-refractivity contribution is 0.310. The van der Waals surface area contributed by atoms with Gasteiger partial charge in [-0.1, -0.05) is 82.7 Å². The van der Waals surface area contributed by atoms with E-state index < -0.39 is 7.26 Å². The fourth-order valence-corrected chi connectivity index (χ4v) is 8.76. The molecule has 4 aromatic rings. The van der Waals surface area contributed by atoms with Crippen LogP contribution in [-0.4, -0.2) is 11.9 Å². The molecule has 0 atom stereocenters. The normalized spacial score (nSPS) is 11.3. The summed E-state index contributed by atoms with van der Waals surface area (Å²) in [4.78, 5) is 0. The summed E-state index contributed by atoms with van der Waals surface area (Å²) in [6.07, 6.45) is 3.18. The molecule has 0 fully saturated rings. The van der Waals surface area contributed by atoms with Crippen molar-refractivity contribution in [1.29, 1.82) is 0 Å². The van der Waals surface area contributed by atoms with Crippen LogP contribution in [0, 0.1) is 0 Å². The predicted molar refractivity (Wildman–Crippen MR) is 144 cm³/mol. The highest BCUT2D eigenvalue weighted by Gasteiger charge is 2.45. The quantitative estimate of drug-likeness (QED) is 0.132. The van der Waals surface area contributed by atoms with E-state index in [0.717, 1.165) is 36.7 Å². The molecule has 0 aliphatic heterocycles. The summed E-state index contributed by atoms with van der Waals surface area (Å²) < 4.78 is 5.94. The lowest BCUT2D eigenvalue weighted by atomic mass is 10.2. The summed E-state index contributed by atoms with van der Waals surface area (Å²) in [5.41, 5.74) is 1.34. The van der Waals surface area contributed by atoms with Gasteiger partial charge in [-0.3, -0.25) is 0 Å². The summed E-state index contributed by atoms with van der Waals surface area (Å²) in [7, 11) is -1.87. The van der Waals surface area contributed by atoms with Crippen LogP contribution in [0.25, 0.3) is 0 Å². The molecule has 3 heteroatoms. The molecule has 0 aliphatic rings. The van der Waals surface area contributed by atoms with Crippen molar-refractivity contribution in [3.63, 3.8) is 0 Å². The molecule has 0 saturated carbocycles. The molecule has 0 saturated heterocycles. The smallest absolute Gasteiger partial charge is 0.119 e. The largest absolute Gasteiger partial charge is 0.494 e.